The normalized spacial score (nSPS) is 14.8. The van der Waals surface area contributed by atoms with Crippen LogP contribution in [0.15, 0.2) is 47.6 Å². The summed E-state index contributed by atoms with van der Waals surface area (Å²) in [6.45, 7) is 2.45. The van der Waals surface area contributed by atoms with Gasteiger partial charge in [0.2, 0.25) is 0 Å². The molecule has 0 amide bonds. The van der Waals surface area contributed by atoms with E-state index in [-0.39, 0.29) is 0 Å². The van der Waals surface area contributed by atoms with E-state index in [1.165, 1.54) is 0 Å². The molecule has 0 aromatic heterocycles. The zero-order chi connectivity index (χ0) is 16.2. The maximum absolute atomic E-state index is 12.0. The Hall–Kier alpha value is -2.82. The minimum Gasteiger partial charge on any atom is -0.497 e. The SMILES string of the molecule is COc1ccc2c(c1)OCC/C2=N/OC(=O)c1ccc(C)cc1. The lowest BCUT2D eigenvalue weighted by atomic mass is 10.0. The average molecular weight is 311 g/mol. The van der Waals surface area contributed by atoms with Crippen molar-refractivity contribution in [2.45, 2.75) is 13.3 Å². The number of nitrogens with zero attached hydrogens (tertiary/aromatic N) is 1. The summed E-state index contributed by atoms with van der Waals surface area (Å²) in [7, 11) is 1.60. The number of aryl methyl sites for hydroxylation is 1. The highest BCUT2D eigenvalue weighted by Gasteiger charge is 2.19. The molecule has 5 nitrogen and oxygen atoms in total. The van der Waals surface area contributed by atoms with Crippen molar-refractivity contribution >= 4 is 11.7 Å². The van der Waals surface area contributed by atoms with Crippen molar-refractivity contribution in [3.63, 3.8) is 0 Å². The fourth-order valence-electron chi connectivity index (χ4n) is 2.31. The lowest BCUT2D eigenvalue weighted by molar-refractivity contribution is 0.0514. The Balaban J connectivity index is 1.79. The third-order valence-electron chi connectivity index (χ3n) is 3.62. The molecular formula is C18H17NO4. The predicted octanol–water partition coefficient (Wildman–Crippen LogP) is 3.35. The molecule has 0 radical (unpaired) electrons. The summed E-state index contributed by atoms with van der Waals surface area (Å²) in [5.74, 6) is 0.918. The first-order valence-corrected chi connectivity index (χ1v) is 7.33. The number of ether oxygens (including phenoxy) is 2. The molecule has 0 spiro atoms. The number of methoxy groups -OCH3 is 1. The van der Waals surface area contributed by atoms with Gasteiger partial charge in [0.25, 0.3) is 0 Å². The Bertz CT molecular complexity index is 750. The zero-order valence-electron chi connectivity index (χ0n) is 13.0. The Morgan fingerprint density at radius 1 is 1.17 bits per heavy atom. The highest BCUT2D eigenvalue weighted by molar-refractivity contribution is 6.04. The first-order chi connectivity index (χ1) is 11.2. The van der Waals surface area contributed by atoms with Crippen LogP contribution in [0, 0.1) is 6.92 Å². The predicted molar refractivity (Wildman–Crippen MR) is 86.2 cm³/mol. The molecule has 2 aromatic rings. The standard InChI is InChI=1S/C18H17NO4/c1-12-3-5-13(6-4-12)18(20)23-19-16-9-10-22-17-11-14(21-2)7-8-15(16)17/h3-8,11H,9-10H2,1-2H3/b19-16-. The average Bonchev–Trinajstić information content (AvgIpc) is 2.59. The maximum atomic E-state index is 12.0. The third-order valence-corrected chi connectivity index (χ3v) is 3.62. The number of oxime groups is 1. The quantitative estimate of drug-likeness (QED) is 0.644. The summed E-state index contributed by atoms with van der Waals surface area (Å²) in [6, 6.07) is 12.6. The van der Waals surface area contributed by atoms with Crippen LogP contribution in [0.3, 0.4) is 0 Å². The smallest absolute Gasteiger partial charge is 0.365 e. The minimum absolute atomic E-state index is 0.473. The summed E-state index contributed by atoms with van der Waals surface area (Å²) in [5.41, 5.74) is 3.06. The van der Waals surface area contributed by atoms with Gasteiger partial charge in [-0.25, -0.2) is 4.79 Å². The first-order valence-electron chi connectivity index (χ1n) is 7.33. The highest BCUT2D eigenvalue weighted by atomic mass is 16.7. The monoisotopic (exact) mass is 311 g/mol. The molecule has 0 unspecified atom stereocenters. The van der Waals surface area contributed by atoms with E-state index in [0.29, 0.717) is 35.8 Å². The van der Waals surface area contributed by atoms with Crippen molar-refractivity contribution in [1.29, 1.82) is 0 Å². The molecule has 0 saturated heterocycles. The molecule has 0 saturated carbocycles. The van der Waals surface area contributed by atoms with E-state index in [9.17, 15) is 4.79 Å². The van der Waals surface area contributed by atoms with Crippen molar-refractivity contribution in [3.8, 4) is 11.5 Å². The molecule has 0 aliphatic carbocycles. The van der Waals surface area contributed by atoms with Crippen molar-refractivity contribution in [2.24, 2.45) is 5.16 Å². The van der Waals surface area contributed by atoms with Crippen LogP contribution in [0.5, 0.6) is 11.5 Å². The molecule has 1 heterocycles. The van der Waals surface area contributed by atoms with Crippen LogP contribution in [-0.4, -0.2) is 25.4 Å². The van der Waals surface area contributed by atoms with E-state index < -0.39 is 5.97 Å². The molecule has 118 valence electrons. The van der Waals surface area contributed by atoms with Crippen molar-refractivity contribution < 1.29 is 19.1 Å². The second-order valence-corrected chi connectivity index (χ2v) is 5.24. The Morgan fingerprint density at radius 3 is 2.70 bits per heavy atom. The zero-order valence-corrected chi connectivity index (χ0v) is 13.0. The molecule has 2 aromatic carbocycles. The van der Waals surface area contributed by atoms with E-state index in [0.717, 1.165) is 11.1 Å². The van der Waals surface area contributed by atoms with Crippen LogP contribution < -0.4 is 9.47 Å². The van der Waals surface area contributed by atoms with Gasteiger partial charge in [-0.3, -0.25) is 0 Å². The number of hydrogen-bond acceptors (Lipinski definition) is 5. The van der Waals surface area contributed by atoms with Gasteiger partial charge in [-0.2, -0.15) is 0 Å². The molecule has 0 fully saturated rings. The van der Waals surface area contributed by atoms with Gasteiger partial charge >= 0.3 is 5.97 Å². The van der Waals surface area contributed by atoms with E-state index in [1.54, 1.807) is 25.3 Å². The lowest BCUT2D eigenvalue weighted by Gasteiger charge is -2.19. The highest BCUT2D eigenvalue weighted by Crippen LogP contribution is 2.29. The number of carbonyl (C=O) groups is 1. The number of benzene rings is 2. The number of carbonyl (C=O) groups excluding carboxylic acids is 1. The molecular weight excluding hydrogens is 294 g/mol. The van der Waals surface area contributed by atoms with Crippen molar-refractivity contribution in [3.05, 3.63) is 59.2 Å². The molecule has 3 rings (SSSR count). The van der Waals surface area contributed by atoms with Gasteiger partial charge in [0, 0.05) is 18.1 Å². The molecule has 1 aliphatic rings. The van der Waals surface area contributed by atoms with E-state index in [4.69, 9.17) is 14.3 Å². The molecule has 0 bridgehead atoms. The largest absolute Gasteiger partial charge is 0.497 e. The minimum atomic E-state index is -0.473. The summed E-state index contributed by atoms with van der Waals surface area (Å²) < 4.78 is 10.8. The number of fused-ring (bicyclic) bond motifs is 1. The van der Waals surface area contributed by atoms with Crippen LogP contribution in [0.1, 0.15) is 27.9 Å². The van der Waals surface area contributed by atoms with Gasteiger partial charge in [-0.15, -0.1) is 0 Å². The number of hydrogen-bond donors (Lipinski definition) is 0. The van der Waals surface area contributed by atoms with Gasteiger partial charge in [0.1, 0.15) is 11.5 Å². The van der Waals surface area contributed by atoms with E-state index in [2.05, 4.69) is 5.16 Å². The van der Waals surface area contributed by atoms with Gasteiger partial charge in [0.05, 0.1) is 25.0 Å². The maximum Gasteiger partial charge on any atom is 0.365 e. The molecule has 23 heavy (non-hydrogen) atoms. The third kappa shape index (κ3) is 3.34. The molecule has 5 heteroatoms. The summed E-state index contributed by atoms with van der Waals surface area (Å²) >= 11 is 0. The van der Waals surface area contributed by atoms with E-state index >= 15 is 0 Å². The lowest BCUT2D eigenvalue weighted by Crippen LogP contribution is -2.17. The fourth-order valence-corrected chi connectivity index (χ4v) is 2.31. The second kappa shape index (κ2) is 6.52. The van der Waals surface area contributed by atoms with Gasteiger partial charge in [-0.05, 0) is 31.2 Å². The van der Waals surface area contributed by atoms with Gasteiger partial charge in [-0.1, -0.05) is 22.9 Å². The van der Waals surface area contributed by atoms with Gasteiger partial charge < -0.3 is 14.3 Å². The topological polar surface area (TPSA) is 57.1 Å². The molecule has 1 aliphatic heterocycles. The van der Waals surface area contributed by atoms with Crippen LogP contribution in [0.2, 0.25) is 0 Å². The van der Waals surface area contributed by atoms with Crippen LogP contribution in [0.25, 0.3) is 0 Å². The van der Waals surface area contributed by atoms with Crippen molar-refractivity contribution in [1.82, 2.24) is 0 Å². The first kappa shape index (κ1) is 15.1. The Kier molecular flexibility index (Phi) is 4.28. The van der Waals surface area contributed by atoms with Crippen molar-refractivity contribution in [2.75, 3.05) is 13.7 Å². The summed E-state index contributed by atoms with van der Waals surface area (Å²) in [4.78, 5) is 17.1. The Morgan fingerprint density at radius 2 is 1.96 bits per heavy atom. The van der Waals surface area contributed by atoms with E-state index in [1.807, 2.05) is 31.2 Å². The molecule has 0 N–H and O–H groups in total. The summed E-state index contributed by atoms with van der Waals surface area (Å²) in [6.07, 6.45) is 0.584. The van der Waals surface area contributed by atoms with Crippen LogP contribution in [0.4, 0.5) is 0 Å². The number of rotatable bonds is 3. The van der Waals surface area contributed by atoms with Crippen LogP contribution >= 0.6 is 0 Å². The van der Waals surface area contributed by atoms with Gasteiger partial charge in [0.15, 0.2) is 0 Å². The summed E-state index contributed by atoms with van der Waals surface area (Å²) in [5, 5.41) is 4.03. The Labute approximate surface area is 134 Å². The fraction of sp³-hybridized carbons (Fsp3) is 0.222. The molecule has 0 atom stereocenters. The second-order valence-electron chi connectivity index (χ2n) is 5.24. The van der Waals surface area contributed by atoms with Crippen LogP contribution in [-0.2, 0) is 4.84 Å².